The molecule has 0 aromatic heterocycles. The number of piperazine rings is 1. The molecule has 0 spiro atoms. The fourth-order valence-corrected chi connectivity index (χ4v) is 3.73. The van der Waals surface area contributed by atoms with Gasteiger partial charge in [0.15, 0.2) is 6.04 Å². The third-order valence-corrected chi connectivity index (χ3v) is 5.34. The molecule has 2 N–H and O–H groups in total. The van der Waals surface area contributed by atoms with Crippen LogP contribution in [0.5, 0.6) is 0 Å². The van der Waals surface area contributed by atoms with Crippen LogP contribution in [0.3, 0.4) is 0 Å². The molecule has 0 saturated carbocycles. The number of carbonyl (C=O) groups is 2. The van der Waals surface area contributed by atoms with E-state index < -0.39 is 0 Å². The van der Waals surface area contributed by atoms with Crippen LogP contribution in [0.4, 0.5) is 5.69 Å². The summed E-state index contributed by atoms with van der Waals surface area (Å²) in [5, 5.41) is 0. The lowest BCUT2D eigenvalue weighted by Crippen LogP contribution is -3.29. The summed E-state index contributed by atoms with van der Waals surface area (Å²) in [7, 11) is 0. The van der Waals surface area contributed by atoms with Crippen LogP contribution >= 0.6 is 0 Å². The van der Waals surface area contributed by atoms with Gasteiger partial charge in [-0.25, -0.2) is 4.90 Å². The number of hydrogen-bond donors (Lipinski definition) is 2. The number of benzene rings is 1. The van der Waals surface area contributed by atoms with Gasteiger partial charge in [0.2, 0.25) is 5.91 Å². The normalized spacial score (nSPS) is 28.4. The highest BCUT2D eigenvalue weighted by molar-refractivity contribution is 6.21. The molecular weight excluding hydrogens is 290 g/mol. The Morgan fingerprint density at radius 2 is 1.70 bits per heavy atom. The molecule has 23 heavy (non-hydrogen) atoms. The van der Waals surface area contributed by atoms with Crippen molar-refractivity contribution in [3.8, 4) is 0 Å². The highest BCUT2D eigenvalue weighted by Crippen LogP contribution is 2.22. The predicted molar refractivity (Wildman–Crippen MR) is 88.7 cm³/mol. The van der Waals surface area contributed by atoms with E-state index in [2.05, 4.69) is 13.8 Å². The van der Waals surface area contributed by atoms with Crippen molar-refractivity contribution in [2.24, 2.45) is 0 Å². The summed E-state index contributed by atoms with van der Waals surface area (Å²) >= 11 is 0. The fraction of sp³-hybridized carbons (Fsp3) is 0.556. The van der Waals surface area contributed by atoms with E-state index in [9.17, 15) is 9.59 Å². The van der Waals surface area contributed by atoms with E-state index in [1.54, 1.807) is 4.90 Å². The number of hydrogen-bond acceptors (Lipinski definition) is 2. The first-order valence-corrected chi connectivity index (χ1v) is 8.78. The van der Waals surface area contributed by atoms with Crippen molar-refractivity contribution in [2.75, 3.05) is 37.6 Å². The van der Waals surface area contributed by atoms with Crippen molar-refractivity contribution in [1.29, 1.82) is 0 Å². The van der Waals surface area contributed by atoms with Crippen molar-refractivity contribution in [2.45, 2.75) is 32.7 Å². The SMILES string of the molecule is CCc1ccc(N2C(=O)C[C@H]([NH+]3CC[NH+](CC)CC3)C2=O)cc1. The third-order valence-electron chi connectivity index (χ3n) is 5.34. The van der Waals surface area contributed by atoms with Gasteiger partial charge in [0.1, 0.15) is 26.2 Å². The number of nitrogens with zero attached hydrogens (tertiary/aromatic N) is 1. The van der Waals surface area contributed by atoms with E-state index in [4.69, 9.17) is 0 Å². The van der Waals surface area contributed by atoms with Gasteiger partial charge in [0, 0.05) is 0 Å². The van der Waals surface area contributed by atoms with Gasteiger partial charge in [-0.3, -0.25) is 9.59 Å². The number of aryl methyl sites for hydroxylation is 1. The van der Waals surface area contributed by atoms with Crippen LogP contribution in [0.1, 0.15) is 25.8 Å². The first-order valence-electron chi connectivity index (χ1n) is 8.78. The zero-order valence-electron chi connectivity index (χ0n) is 14.1. The van der Waals surface area contributed by atoms with E-state index in [0.29, 0.717) is 6.42 Å². The van der Waals surface area contributed by atoms with Gasteiger partial charge >= 0.3 is 0 Å². The molecule has 0 unspecified atom stereocenters. The van der Waals surface area contributed by atoms with Crippen LogP contribution in [0, 0.1) is 0 Å². The second-order valence-corrected chi connectivity index (χ2v) is 6.61. The standard InChI is InChI=1S/C18H25N3O2/c1-3-14-5-7-15(8-6-14)21-17(22)13-16(18(21)23)20-11-9-19(4-2)10-12-20/h5-8,16H,3-4,9-13H2,1-2H3/p+2/t16-/m0/s1. The summed E-state index contributed by atoms with van der Waals surface area (Å²) in [6.45, 7) is 9.58. The smallest absolute Gasteiger partial charge is 0.292 e. The topological polar surface area (TPSA) is 46.3 Å². The molecule has 2 aliphatic heterocycles. The number of rotatable bonds is 4. The number of likely N-dealkylation sites (N-methyl/N-ethyl adjacent to an activating group) is 1. The predicted octanol–water partition coefficient (Wildman–Crippen LogP) is -1.32. The molecule has 124 valence electrons. The Morgan fingerprint density at radius 3 is 2.26 bits per heavy atom. The van der Waals surface area contributed by atoms with Crippen molar-refractivity contribution >= 4 is 17.5 Å². The highest BCUT2D eigenvalue weighted by Gasteiger charge is 2.46. The average molecular weight is 317 g/mol. The van der Waals surface area contributed by atoms with Crippen molar-refractivity contribution < 1.29 is 19.4 Å². The number of amides is 2. The summed E-state index contributed by atoms with van der Waals surface area (Å²) in [6, 6.07) is 7.60. The van der Waals surface area contributed by atoms with Crippen molar-refractivity contribution in [3.63, 3.8) is 0 Å². The third kappa shape index (κ3) is 3.16. The van der Waals surface area contributed by atoms with E-state index in [1.807, 2.05) is 24.3 Å². The van der Waals surface area contributed by atoms with Gasteiger partial charge in [-0.2, -0.15) is 0 Å². The number of quaternary nitrogens is 2. The van der Waals surface area contributed by atoms with Gasteiger partial charge in [0.25, 0.3) is 5.91 Å². The first-order chi connectivity index (χ1) is 11.1. The molecule has 1 aromatic rings. The molecule has 3 rings (SSSR count). The van der Waals surface area contributed by atoms with Crippen LogP contribution in [-0.2, 0) is 16.0 Å². The monoisotopic (exact) mass is 317 g/mol. The number of nitrogens with one attached hydrogen (secondary N) is 2. The Morgan fingerprint density at radius 1 is 1.04 bits per heavy atom. The maximum Gasteiger partial charge on any atom is 0.292 e. The van der Waals surface area contributed by atoms with Crippen LogP contribution in [0.15, 0.2) is 24.3 Å². The Labute approximate surface area is 137 Å². The summed E-state index contributed by atoms with van der Waals surface area (Å²) in [5.41, 5.74) is 1.94. The Kier molecular flexibility index (Phi) is 4.78. The van der Waals surface area contributed by atoms with Crippen molar-refractivity contribution in [3.05, 3.63) is 29.8 Å². The van der Waals surface area contributed by atoms with Crippen LogP contribution in [0.2, 0.25) is 0 Å². The molecule has 0 radical (unpaired) electrons. The maximum atomic E-state index is 12.8. The zero-order chi connectivity index (χ0) is 16.4. The molecule has 2 aliphatic rings. The van der Waals surface area contributed by atoms with Gasteiger partial charge in [-0.05, 0) is 31.0 Å². The first kappa shape index (κ1) is 16.1. The maximum absolute atomic E-state index is 12.8. The molecule has 0 bridgehead atoms. The lowest BCUT2D eigenvalue weighted by Gasteiger charge is -2.31. The van der Waals surface area contributed by atoms with E-state index >= 15 is 0 Å². The van der Waals surface area contributed by atoms with Crippen LogP contribution in [0.25, 0.3) is 0 Å². The fourth-order valence-electron chi connectivity index (χ4n) is 3.73. The van der Waals surface area contributed by atoms with E-state index in [0.717, 1.165) is 44.8 Å². The highest BCUT2D eigenvalue weighted by atomic mass is 16.2. The average Bonchev–Trinajstić information content (AvgIpc) is 2.89. The van der Waals surface area contributed by atoms with E-state index in [-0.39, 0.29) is 17.9 Å². The van der Waals surface area contributed by atoms with Gasteiger partial charge < -0.3 is 9.80 Å². The molecule has 2 heterocycles. The minimum absolute atomic E-state index is 0.0193. The molecule has 0 aliphatic carbocycles. The molecule has 5 nitrogen and oxygen atoms in total. The molecule has 2 saturated heterocycles. The number of imide groups is 1. The molecule has 2 amide bonds. The zero-order valence-corrected chi connectivity index (χ0v) is 14.1. The van der Waals surface area contributed by atoms with E-state index in [1.165, 1.54) is 15.4 Å². The molecule has 1 atom stereocenters. The number of carbonyl (C=O) groups excluding carboxylic acids is 2. The minimum Gasteiger partial charge on any atom is -0.326 e. The molecular formula is C18H27N3O2+2. The Hall–Kier alpha value is -1.72. The molecule has 5 heteroatoms. The molecule has 2 fully saturated rings. The lowest BCUT2D eigenvalue weighted by atomic mass is 10.1. The van der Waals surface area contributed by atoms with Crippen LogP contribution in [-0.4, -0.2) is 50.6 Å². The van der Waals surface area contributed by atoms with Gasteiger partial charge in [0.05, 0.1) is 18.7 Å². The summed E-state index contributed by atoms with van der Waals surface area (Å²) in [4.78, 5) is 29.5. The van der Waals surface area contributed by atoms with Crippen molar-refractivity contribution in [1.82, 2.24) is 0 Å². The lowest BCUT2D eigenvalue weighted by molar-refractivity contribution is -1.02. The van der Waals surface area contributed by atoms with Gasteiger partial charge in [-0.15, -0.1) is 0 Å². The summed E-state index contributed by atoms with van der Waals surface area (Å²) < 4.78 is 0. The second-order valence-electron chi connectivity index (χ2n) is 6.61. The molecule has 1 aromatic carbocycles. The summed E-state index contributed by atoms with van der Waals surface area (Å²) in [5.74, 6) is -0.0730. The second kappa shape index (κ2) is 6.81. The quantitative estimate of drug-likeness (QED) is 0.677. The Bertz CT molecular complexity index is 576. The minimum atomic E-state index is -0.188. The van der Waals surface area contributed by atoms with Gasteiger partial charge in [-0.1, -0.05) is 19.1 Å². The Balaban J connectivity index is 1.72. The number of anilines is 1. The summed E-state index contributed by atoms with van der Waals surface area (Å²) in [6.07, 6.45) is 1.31. The largest absolute Gasteiger partial charge is 0.326 e. The van der Waals surface area contributed by atoms with Crippen LogP contribution < -0.4 is 14.7 Å².